The molecular weight excluding hydrogens is 326 g/mol. The Morgan fingerprint density at radius 3 is 2.27 bits per heavy atom. The molecule has 1 aromatic carbocycles. The molecule has 1 aromatic rings. The molecule has 2 rings (SSSR count). The number of carbonyl (C=O) groups excluding carboxylic acids is 1. The molecule has 0 spiro atoms. The van der Waals surface area contributed by atoms with Gasteiger partial charge in [0.05, 0.1) is 0 Å². The minimum atomic E-state index is -0.0932. The largest absolute Gasteiger partial charge is 0.378 e. The van der Waals surface area contributed by atoms with Crippen molar-refractivity contribution in [3.05, 3.63) is 29.8 Å². The van der Waals surface area contributed by atoms with E-state index in [-0.39, 0.29) is 6.03 Å². The quantitative estimate of drug-likeness (QED) is 0.742. The Bertz CT molecular complexity index is 538. The lowest BCUT2D eigenvalue weighted by molar-refractivity contribution is 0.124. The SMILES string of the molecule is CCN1CCN(C[C@H](C)CNC(=O)NCc2ccc(N(C)C)cc2)CC1. The Morgan fingerprint density at radius 1 is 1.08 bits per heavy atom. The van der Waals surface area contributed by atoms with Crippen molar-refractivity contribution in [1.82, 2.24) is 20.4 Å². The van der Waals surface area contributed by atoms with Gasteiger partial charge < -0.3 is 25.3 Å². The van der Waals surface area contributed by atoms with Crippen molar-refractivity contribution in [2.75, 3.05) is 64.8 Å². The zero-order chi connectivity index (χ0) is 18.9. The summed E-state index contributed by atoms with van der Waals surface area (Å²) in [5.74, 6) is 0.452. The number of hydrogen-bond acceptors (Lipinski definition) is 4. The van der Waals surface area contributed by atoms with Crippen LogP contribution in [0, 0.1) is 5.92 Å². The van der Waals surface area contributed by atoms with Crippen molar-refractivity contribution in [1.29, 1.82) is 0 Å². The number of likely N-dealkylation sites (N-methyl/N-ethyl adjacent to an activating group) is 1. The fraction of sp³-hybridized carbons (Fsp3) is 0.650. The van der Waals surface area contributed by atoms with Crippen molar-refractivity contribution >= 4 is 11.7 Å². The van der Waals surface area contributed by atoms with Crippen LogP contribution >= 0.6 is 0 Å². The number of nitrogens with zero attached hydrogens (tertiary/aromatic N) is 3. The van der Waals surface area contributed by atoms with Gasteiger partial charge in [0.25, 0.3) is 0 Å². The summed E-state index contributed by atoms with van der Waals surface area (Å²) < 4.78 is 0. The molecule has 1 heterocycles. The summed E-state index contributed by atoms with van der Waals surface area (Å²) in [5, 5.41) is 5.93. The van der Waals surface area contributed by atoms with Crippen molar-refractivity contribution in [2.45, 2.75) is 20.4 Å². The van der Waals surface area contributed by atoms with E-state index in [0.29, 0.717) is 19.0 Å². The van der Waals surface area contributed by atoms with Gasteiger partial charge in [-0.15, -0.1) is 0 Å². The maximum absolute atomic E-state index is 12.0. The Labute approximate surface area is 158 Å². The second-order valence-electron chi connectivity index (χ2n) is 7.46. The second-order valence-corrected chi connectivity index (χ2v) is 7.46. The Kier molecular flexibility index (Phi) is 8.19. The normalized spacial score (nSPS) is 16.9. The van der Waals surface area contributed by atoms with Crippen molar-refractivity contribution in [3.63, 3.8) is 0 Å². The maximum Gasteiger partial charge on any atom is 0.315 e. The molecule has 1 atom stereocenters. The number of anilines is 1. The van der Waals surface area contributed by atoms with Crippen LogP contribution in [0.4, 0.5) is 10.5 Å². The summed E-state index contributed by atoms with van der Waals surface area (Å²) in [7, 11) is 4.04. The van der Waals surface area contributed by atoms with Gasteiger partial charge in [-0.05, 0) is 30.2 Å². The fourth-order valence-corrected chi connectivity index (χ4v) is 3.22. The first kappa shape index (κ1) is 20.5. The first-order valence-electron chi connectivity index (χ1n) is 9.70. The van der Waals surface area contributed by atoms with Crippen LogP contribution in [0.5, 0.6) is 0 Å². The molecule has 0 unspecified atom stereocenters. The average molecular weight is 362 g/mol. The van der Waals surface area contributed by atoms with Crippen LogP contribution < -0.4 is 15.5 Å². The standard InChI is InChI=1S/C20H35N5O/c1-5-24-10-12-25(13-11-24)16-17(2)14-21-20(26)22-15-18-6-8-19(9-7-18)23(3)4/h6-9,17H,5,10-16H2,1-4H3,(H2,21,22,26)/t17-/m1/s1. The number of carbonyl (C=O) groups is 1. The molecule has 26 heavy (non-hydrogen) atoms. The van der Waals surface area contributed by atoms with Crippen LogP contribution in [-0.4, -0.2) is 75.7 Å². The minimum Gasteiger partial charge on any atom is -0.378 e. The molecule has 1 saturated heterocycles. The molecule has 0 saturated carbocycles. The first-order chi connectivity index (χ1) is 12.5. The van der Waals surface area contributed by atoms with Crippen LogP contribution in [0.25, 0.3) is 0 Å². The van der Waals surface area contributed by atoms with E-state index in [1.807, 2.05) is 26.2 Å². The number of urea groups is 1. The summed E-state index contributed by atoms with van der Waals surface area (Å²) >= 11 is 0. The highest BCUT2D eigenvalue weighted by Gasteiger charge is 2.17. The van der Waals surface area contributed by atoms with E-state index in [2.05, 4.69) is 51.3 Å². The van der Waals surface area contributed by atoms with Crippen LogP contribution in [0.3, 0.4) is 0 Å². The highest BCUT2D eigenvalue weighted by Crippen LogP contribution is 2.12. The van der Waals surface area contributed by atoms with Crippen LogP contribution in [0.15, 0.2) is 24.3 Å². The summed E-state index contributed by atoms with van der Waals surface area (Å²) in [5.41, 5.74) is 2.26. The van der Waals surface area contributed by atoms with Gasteiger partial charge in [-0.25, -0.2) is 4.79 Å². The molecule has 0 radical (unpaired) electrons. The monoisotopic (exact) mass is 361 g/mol. The van der Waals surface area contributed by atoms with E-state index in [4.69, 9.17) is 0 Å². The highest BCUT2D eigenvalue weighted by molar-refractivity contribution is 5.73. The molecule has 146 valence electrons. The van der Waals surface area contributed by atoms with Gasteiger partial charge in [-0.1, -0.05) is 26.0 Å². The smallest absolute Gasteiger partial charge is 0.315 e. The molecule has 0 aromatic heterocycles. The zero-order valence-corrected chi connectivity index (χ0v) is 16.8. The number of hydrogen-bond donors (Lipinski definition) is 2. The lowest BCUT2D eigenvalue weighted by Gasteiger charge is -2.35. The van der Waals surface area contributed by atoms with Gasteiger partial charge in [0.15, 0.2) is 0 Å². The third kappa shape index (κ3) is 6.84. The lowest BCUT2D eigenvalue weighted by Crippen LogP contribution is -2.48. The highest BCUT2D eigenvalue weighted by atomic mass is 16.2. The van der Waals surface area contributed by atoms with E-state index >= 15 is 0 Å². The number of rotatable bonds is 8. The van der Waals surface area contributed by atoms with Gasteiger partial charge in [0.1, 0.15) is 0 Å². The summed E-state index contributed by atoms with van der Waals surface area (Å²) in [6, 6.07) is 8.14. The fourth-order valence-electron chi connectivity index (χ4n) is 3.22. The number of amides is 2. The molecule has 0 bridgehead atoms. The van der Waals surface area contributed by atoms with Gasteiger partial charge in [0.2, 0.25) is 0 Å². The van der Waals surface area contributed by atoms with Crippen LogP contribution in [0.1, 0.15) is 19.4 Å². The van der Waals surface area contributed by atoms with Gasteiger partial charge in [-0.3, -0.25) is 0 Å². The predicted octanol–water partition coefficient (Wildman–Crippen LogP) is 1.83. The predicted molar refractivity (Wildman–Crippen MR) is 109 cm³/mol. The minimum absolute atomic E-state index is 0.0932. The van der Waals surface area contributed by atoms with E-state index in [9.17, 15) is 4.79 Å². The van der Waals surface area contributed by atoms with Gasteiger partial charge in [0, 0.05) is 65.6 Å². The van der Waals surface area contributed by atoms with E-state index in [1.54, 1.807) is 0 Å². The summed E-state index contributed by atoms with van der Waals surface area (Å²) in [6.45, 7) is 12.4. The molecule has 2 N–H and O–H groups in total. The summed E-state index contributed by atoms with van der Waals surface area (Å²) in [6.07, 6.45) is 0. The van der Waals surface area contributed by atoms with E-state index in [1.165, 1.54) is 0 Å². The van der Waals surface area contributed by atoms with Crippen molar-refractivity contribution < 1.29 is 4.79 Å². The Morgan fingerprint density at radius 2 is 1.69 bits per heavy atom. The molecular formula is C20H35N5O. The molecule has 2 amide bonds. The summed E-state index contributed by atoms with van der Waals surface area (Å²) in [4.78, 5) is 19.1. The molecule has 1 aliphatic rings. The number of nitrogens with one attached hydrogen (secondary N) is 2. The molecule has 0 aliphatic carbocycles. The average Bonchev–Trinajstić information content (AvgIpc) is 2.65. The second kappa shape index (κ2) is 10.4. The lowest BCUT2D eigenvalue weighted by atomic mass is 10.1. The van der Waals surface area contributed by atoms with E-state index in [0.717, 1.165) is 50.5 Å². The first-order valence-corrected chi connectivity index (χ1v) is 9.70. The van der Waals surface area contributed by atoms with Gasteiger partial charge >= 0.3 is 6.03 Å². The topological polar surface area (TPSA) is 50.9 Å². The molecule has 1 fully saturated rings. The number of benzene rings is 1. The Hall–Kier alpha value is -1.79. The molecule has 6 nitrogen and oxygen atoms in total. The molecule has 6 heteroatoms. The van der Waals surface area contributed by atoms with E-state index < -0.39 is 0 Å². The van der Waals surface area contributed by atoms with Crippen LogP contribution in [0.2, 0.25) is 0 Å². The third-order valence-electron chi connectivity index (χ3n) is 5.00. The van der Waals surface area contributed by atoms with Crippen molar-refractivity contribution in [3.8, 4) is 0 Å². The zero-order valence-electron chi connectivity index (χ0n) is 16.8. The van der Waals surface area contributed by atoms with Gasteiger partial charge in [-0.2, -0.15) is 0 Å². The number of piperazine rings is 1. The van der Waals surface area contributed by atoms with Crippen molar-refractivity contribution in [2.24, 2.45) is 5.92 Å². The maximum atomic E-state index is 12.0. The van der Waals surface area contributed by atoms with Crippen LogP contribution in [-0.2, 0) is 6.54 Å². The molecule has 1 aliphatic heterocycles. The third-order valence-corrected chi connectivity index (χ3v) is 5.00. The Balaban J connectivity index is 1.62.